The molecule has 2 aliphatic rings. The van der Waals surface area contributed by atoms with E-state index in [1.807, 2.05) is 64.1 Å². The van der Waals surface area contributed by atoms with Crippen LogP contribution < -0.4 is 10.6 Å². The lowest BCUT2D eigenvalue weighted by atomic mass is 10.0. The quantitative estimate of drug-likeness (QED) is 0.115. The molecule has 0 saturated carbocycles. The van der Waals surface area contributed by atoms with Crippen molar-refractivity contribution in [1.82, 2.24) is 60.3 Å². The molecular formula is C41H46N12O6. The summed E-state index contributed by atoms with van der Waals surface area (Å²) in [6.45, 7) is 8.43. The molecule has 0 spiro atoms. The number of carbonyl (C=O) groups is 4. The standard InChI is InChI=1S/C41H46N12O6/c1-20(2)30(46-40(56)57)38(54)52-14-6-8-28(52)32-48-34-36(50-32)44-26(18-42-34)24-12-10-23-17-25(13-11-22(23)16-24)27-19-43-35-37(45-27)51-33(49-35)29-9-7-15-53(29)39(55)31(21(3)4)47-41(58)59-5/h10-13,16-21,28-31,46H,6-9,14-15H2,1-5H3,(H,47,58)(H,56,57)(H,42,44,48,50)(H,43,45,49,51)/t28-,29-,30?,31?/m1/s1. The second-order valence-corrected chi connectivity index (χ2v) is 15.8. The van der Waals surface area contributed by atoms with E-state index in [-0.39, 0.29) is 35.7 Å². The monoisotopic (exact) mass is 802 g/mol. The number of hydrogen-bond donors (Lipinski definition) is 5. The molecule has 2 unspecified atom stereocenters. The number of hydrogen-bond acceptors (Lipinski definition) is 11. The van der Waals surface area contributed by atoms with Crippen LogP contribution >= 0.6 is 0 Å². The third-order valence-electron chi connectivity index (χ3n) is 11.2. The van der Waals surface area contributed by atoms with Crippen LogP contribution in [0.2, 0.25) is 0 Å². The van der Waals surface area contributed by atoms with Crippen LogP contribution in [0.25, 0.3) is 55.9 Å². The van der Waals surface area contributed by atoms with Gasteiger partial charge in [-0.15, -0.1) is 0 Å². The van der Waals surface area contributed by atoms with Crippen LogP contribution in [-0.2, 0) is 14.3 Å². The molecule has 0 aliphatic carbocycles. The van der Waals surface area contributed by atoms with Crippen molar-refractivity contribution < 1.29 is 29.0 Å². The minimum Gasteiger partial charge on any atom is -0.465 e. The second-order valence-electron chi connectivity index (χ2n) is 15.8. The molecule has 2 saturated heterocycles. The summed E-state index contributed by atoms with van der Waals surface area (Å²) in [5.41, 5.74) is 4.89. The maximum atomic E-state index is 13.6. The molecule has 4 aromatic heterocycles. The molecule has 2 fully saturated rings. The lowest BCUT2D eigenvalue weighted by Crippen LogP contribution is -2.51. The van der Waals surface area contributed by atoms with E-state index in [1.165, 1.54) is 7.11 Å². The first-order valence-corrected chi connectivity index (χ1v) is 19.8. The number of likely N-dealkylation sites (tertiary alicyclic amines) is 2. The van der Waals surface area contributed by atoms with Crippen LogP contribution in [0.5, 0.6) is 0 Å². The van der Waals surface area contributed by atoms with Crippen molar-refractivity contribution in [3.05, 3.63) is 60.4 Å². The molecule has 5 N–H and O–H groups in total. The van der Waals surface area contributed by atoms with Crippen molar-refractivity contribution in [1.29, 1.82) is 0 Å². The van der Waals surface area contributed by atoms with Gasteiger partial charge in [0, 0.05) is 24.2 Å². The molecule has 306 valence electrons. The van der Waals surface area contributed by atoms with E-state index < -0.39 is 24.3 Å². The summed E-state index contributed by atoms with van der Waals surface area (Å²) in [5, 5.41) is 16.3. The summed E-state index contributed by atoms with van der Waals surface area (Å²) in [6, 6.07) is 9.81. The highest BCUT2D eigenvalue weighted by Gasteiger charge is 2.39. The maximum Gasteiger partial charge on any atom is 0.407 e. The Labute approximate surface area is 338 Å². The number of nitrogens with zero attached hydrogens (tertiary/aromatic N) is 8. The van der Waals surface area contributed by atoms with Crippen molar-refractivity contribution >= 4 is 57.4 Å². The smallest absolute Gasteiger partial charge is 0.407 e. The van der Waals surface area contributed by atoms with Gasteiger partial charge in [0.05, 0.1) is 43.0 Å². The average molecular weight is 803 g/mol. The fraction of sp³-hybridized carbons (Fsp3) is 0.415. The predicted molar refractivity (Wildman–Crippen MR) is 217 cm³/mol. The first kappa shape index (κ1) is 39.1. The number of alkyl carbamates (subject to hydrolysis) is 1. The minimum absolute atomic E-state index is 0.141. The number of carbonyl (C=O) groups excluding carboxylic acids is 3. The van der Waals surface area contributed by atoms with Gasteiger partial charge < -0.3 is 40.2 Å². The lowest BCUT2D eigenvalue weighted by molar-refractivity contribution is -0.136. The highest BCUT2D eigenvalue weighted by atomic mass is 16.5. The van der Waals surface area contributed by atoms with Gasteiger partial charge in [-0.25, -0.2) is 39.5 Å². The number of imidazole rings is 2. The molecular weight excluding hydrogens is 757 g/mol. The second kappa shape index (κ2) is 15.9. The van der Waals surface area contributed by atoms with Crippen LogP contribution in [0, 0.1) is 11.8 Å². The van der Waals surface area contributed by atoms with Gasteiger partial charge in [-0.3, -0.25) is 9.59 Å². The SMILES string of the molecule is COC(=O)NC(C(=O)N1CCC[C@@H]1c1nc2nc(-c3ccc4cc(-c5cnc6[nH]c([C@H]7CCCN7C(=O)C(NC(=O)O)C(C)C)nc6n5)ccc4c3)cnc2[nH]1)C(C)C. The van der Waals surface area contributed by atoms with Crippen LogP contribution in [0.4, 0.5) is 9.59 Å². The zero-order chi connectivity index (χ0) is 41.5. The molecule has 2 aliphatic heterocycles. The summed E-state index contributed by atoms with van der Waals surface area (Å²) in [7, 11) is 1.27. The van der Waals surface area contributed by atoms with Crippen molar-refractivity contribution in [3.8, 4) is 22.5 Å². The number of carboxylic acid groups (broad SMARTS) is 1. The average Bonchev–Trinajstić information content (AvgIpc) is 4.05. The molecule has 59 heavy (non-hydrogen) atoms. The number of amides is 4. The third kappa shape index (κ3) is 7.69. The topological polar surface area (TPSA) is 237 Å². The molecule has 6 heterocycles. The molecule has 2 aromatic carbocycles. The van der Waals surface area contributed by atoms with Crippen LogP contribution in [0.15, 0.2) is 48.8 Å². The fourth-order valence-electron chi connectivity index (χ4n) is 8.11. The van der Waals surface area contributed by atoms with Crippen molar-refractivity contribution in [2.75, 3.05) is 20.2 Å². The maximum absolute atomic E-state index is 13.6. The number of aromatic amines is 2. The lowest BCUT2D eigenvalue weighted by Gasteiger charge is -2.29. The number of methoxy groups -OCH3 is 1. The highest BCUT2D eigenvalue weighted by molar-refractivity contribution is 5.91. The highest BCUT2D eigenvalue weighted by Crippen LogP contribution is 2.35. The Kier molecular flexibility index (Phi) is 10.5. The van der Waals surface area contributed by atoms with E-state index in [1.54, 1.807) is 22.2 Å². The molecule has 4 amide bonds. The van der Waals surface area contributed by atoms with Gasteiger partial charge in [0.1, 0.15) is 23.7 Å². The van der Waals surface area contributed by atoms with E-state index in [9.17, 15) is 24.3 Å². The summed E-state index contributed by atoms with van der Waals surface area (Å²) >= 11 is 0. The van der Waals surface area contributed by atoms with E-state index in [2.05, 4.69) is 30.6 Å². The van der Waals surface area contributed by atoms with Crippen LogP contribution in [-0.4, -0.2) is 111 Å². The van der Waals surface area contributed by atoms with Gasteiger partial charge >= 0.3 is 12.2 Å². The zero-order valence-electron chi connectivity index (χ0n) is 33.4. The summed E-state index contributed by atoms with van der Waals surface area (Å²) < 4.78 is 4.76. The summed E-state index contributed by atoms with van der Waals surface area (Å²) in [4.78, 5) is 88.9. The Morgan fingerprint density at radius 3 is 1.59 bits per heavy atom. The molecule has 8 rings (SSSR count). The van der Waals surface area contributed by atoms with Crippen LogP contribution in [0.1, 0.15) is 77.1 Å². The number of fused-ring (bicyclic) bond motifs is 3. The van der Waals surface area contributed by atoms with E-state index in [0.29, 0.717) is 71.6 Å². The Hall–Kier alpha value is -6.72. The number of H-pyrrole nitrogens is 2. The largest absolute Gasteiger partial charge is 0.465 e. The molecule has 18 nitrogen and oxygen atoms in total. The van der Waals surface area contributed by atoms with E-state index in [0.717, 1.165) is 34.7 Å². The van der Waals surface area contributed by atoms with Gasteiger partial charge in [0.15, 0.2) is 22.6 Å². The first-order chi connectivity index (χ1) is 28.4. The van der Waals surface area contributed by atoms with Crippen molar-refractivity contribution in [2.45, 2.75) is 77.5 Å². The zero-order valence-corrected chi connectivity index (χ0v) is 33.4. The number of nitrogens with one attached hydrogen (secondary N) is 4. The number of rotatable bonds is 10. The Morgan fingerprint density at radius 1 is 0.712 bits per heavy atom. The van der Waals surface area contributed by atoms with Gasteiger partial charge in [0.2, 0.25) is 11.8 Å². The van der Waals surface area contributed by atoms with Gasteiger partial charge in [-0.2, -0.15) is 0 Å². The number of ether oxygens (including phenoxy) is 1. The van der Waals surface area contributed by atoms with Gasteiger partial charge in [0.25, 0.3) is 0 Å². The van der Waals surface area contributed by atoms with Crippen LogP contribution in [0.3, 0.4) is 0 Å². The number of aromatic nitrogens is 8. The molecule has 18 heteroatoms. The van der Waals surface area contributed by atoms with Gasteiger partial charge in [-0.05, 0) is 60.4 Å². The Balaban J connectivity index is 0.997. The summed E-state index contributed by atoms with van der Waals surface area (Å²) in [5.74, 6) is 0.345. The molecule has 0 bridgehead atoms. The Morgan fingerprint density at radius 2 is 1.17 bits per heavy atom. The molecule has 0 radical (unpaired) electrons. The van der Waals surface area contributed by atoms with E-state index in [4.69, 9.17) is 24.7 Å². The van der Waals surface area contributed by atoms with E-state index >= 15 is 0 Å². The summed E-state index contributed by atoms with van der Waals surface area (Å²) in [6.07, 6.45) is 4.47. The Bertz CT molecular complexity index is 2590. The van der Waals surface area contributed by atoms with Crippen molar-refractivity contribution in [3.63, 3.8) is 0 Å². The number of benzene rings is 2. The molecule has 4 atom stereocenters. The minimum atomic E-state index is -1.24. The normalized spacial score (nSPS) is 17.9. The fourth-order valence-corrected chi connectivity index (χ4v) is 8.11. The first-order valence-electron chi connectivity index (χ1n) is 19.8. The van der Waals surface area contributed by atoms with Gasteiger partial charge in [-0.1, -0.05) is 52.0 Å². The predicted octanol–water partition coefficient (Wildman–Crippen LogP) is 5.51. The third-order valence-corrected chi connectivity index (χ3v) is 11.2. The molecule has 6 aromatic rings. The van der Waals surface area contributed by atoms with Crippen molar-refractivity contribution in [2.24, 2.45) is 11.8 Å².